The highest BCUT2D eigenvalue weighted by Crippen LogP contribution is 2.31. The molecule has 0 aliphatic carbocycles. The Kier molecular flexibility index (Phi) is 4.21. The summed E-state index contributed by atoms with van der Waals surface area (Å²) < 4.78 is 16.7. The van der Waals surface area contributed by atoms with Crippen molar-refractivity contribution in [2.45, 2.75) is 20.3 Å². The number of ether oxygens (including phenoxy) is 3. The molecule has 26 heavy (non-hydrogen) atoms. The monoisotopic (exact) mass is 349 g/mol. The molecule has 2 aromatic carbocycles. The minimum absolute atomic E-state index is 0.271. The van der Waals surface area contributed by atoms with E-state index >= 15 is 0 Å². The molecule has 4 rings (SSSR count). The van der Waals surface area contributed by atoms with Crippen LogP contribution in [0.3, 0.4) is 0 Å². The summed E-state index contributed by atoms with van der Waals surface area (Å²) >= 11 is 0. The third kappa shape index (κ3) is 3.20. The van der Waals surface area contributed by atoms with Gasteiger partial charge in [0.15, 0.2) is 17.2 Å². The first-order valence-corrected chi connectivity index (χ1v) is 8.60. The molecule has 0 saturated carbocycles. The Balaban J connectivity index is 1.64. The minimum Gasteiger partial charge on any atom is -0.490 e. The van der Waals surface area contributed by atoms with Gasteiger partial charge in [0.25, 0.3) is 0 Å². The van der Waals surface area contributed by atoms with Crippen LogP contribution in [0, 0.1) is 13.8 Å². The zero-order valence-corrected chi connectivity index (χ0v) is 14.7. The highest BCUT2D eigenvalue weighted by Gasteiger charge is 2.24. The van der Waals surface area contributed by atoms with Crippen LogP contribution < -0.4 is 9.47 Å². The standard InChI is InChI=1S/C21H19NO4/c1-13-4-6-16(10-14(13)2)20-22-17(21(23)26-20)11-15-5-7-18-19(12-15)25-9-3-8-24-18/h4-7,10-12H,3,8-9H2,1-2H3/b17-11+. The third-order valence-corrected chi connectivity index (χ3v) is 4.45. The van der Waals surface area contributed by atoms with Crippen LogP contribution in [0.2, 0.25) is 0 Å². The number of esters is 1. The number of fused-ring (bicyclic) bond motifs is 1. The SMILES string of the molecule is Cc1ccc(C2=N/C(=C/c3ccc4c(c3)OCCCO4)C(=O)O2)cc1C. The molecule has 2 aliphatic heterocycles. The van der Waals surface area contributed by atoms with E-state index in [0.29, 0.717) is 24.9 Å². The first kappa shape index (κ1) is 16.4. The molecule has 0 unspecified atom stereocenters. The number of nitrogens with zero attached hydrogens (tertiary/aromatic N) is 1. The van der Waals surface area contributed by atoms with E-state index in [1.165, 1.54) is 5.56 Å². The van der Waals surface area contributed by atoms with Crippen LogP contribution in [0.1, 0.15) is 28.7 Å². The number of cyclic esters (lactones) is 1. The molecule has 0 saturated heterocycles. The number of hydrogen-bond donors (Lipinski definition) is 0. The molecule has 0 radical (unpaired) electrons. The second-order valence-electron chi connectivity index (χ2n) is 6.39. The molecule has 0 fully saturated rings. The Hall–Kier alpha value is -3.08. The Morgan fingerprint density at radius 2 is 1.77 bits per heavy atom. The lowest BCUT2D eigenvalue weighted by atomic mass is 10.1. The van der Waals surface area contributed by atoms with Crippen LogP contribution >= 0.6 is 0 Å². The molecule has 0 bridgehead atoms. The van der Waals surface area contributed by atoms with Gasteiger partial charge in [0, 0.05) is 12.0 Å². The highest BCUT2D eigenvalue weighted by atomic mass is 16.6. The predicted molar refractivity (Wildman–Crippen MR) is 98.6 cm³/mol. The van der Waals surface area contributed by atoms with Crippen molar-refractivity contribution in [1.82, 2.24) is 0 Å². The van der Waals surface area contributed by atoms with Gasteiger partial charge in [-0.1, -0.05) is 12.1 Å². The van der Waals surface area contributed by atoms with E-state index in [4.69, 9.17) is 14.2 Å². The summed E-state index contributed by atoms with van der Waals surface area (Å²) in [6.07, 6.45) is 2.55. The molecular formula is C21H19NO4. The first-order valence-electron chi connectivity index (χ1n) is 8.60. The van der Waals surface area contributed by atoms with Gasteiger partial charge in [-0.25, -0.2) is 9.79 Å². The largest absolute Gasteiger partial charge is 0.490 e. The van der Waals surface area contributed by atoms with E-state index in [1.54, 1.807) is 6.08 Å². The first-order chi connectivity index (χ1) is 12.6. The maximum absolute atomic E-state index is 12.2. The van der Waals surface area contributed by atoms with E-state index in [0.717, 1.165) is 28.9 Å². The molecule has 2 heterocycles. The topological polar surface area (TPSA) is 57.1 Å². The van der Waals surface area contributed by atoms with Crippen LogP contribution in [0.15, 0.2) is 47.1 Å². The van der Waals surface area contributed by atoms with E-state index in [2.05, 4.69) is 4.99 Å². The van der Waals surface area contributed by atoms with Crippen molar-refractivity contribution in [2.24, 2.45) is 4.99 Å². The molecule has 0 N–H and O–H groups in total. The summed E-state index contributed by atoms with van der Waals surface area (Å²) in [5.41, 5.74) is 4.19. The molecule has 2 aromatic rings. The van der Waals surface area contributed by atoms with Crippen molar-refractivity contribution >= 4 is 17.9 Å². The third-order valence-electron chi connectivity index (χ3n) is 4.45. The van der Waals surface area contributed by atoms with Gasteiger partial charge >= 0.3 is 5.97 Å². The maximum atomic E-state index is 12.2. The smallest absolute Gasteiger partial charge is 0.363 e. The zero-order chi connectivity index (χ0) is 18.1. The second kappa shape index (κ2) is 6.67. The molecule has 132 valence electrons. The summed E-state index contributed by atoms with van der Waals surface area (Å²) in [4.78, 5) is 16.6. The quantitative estimate of drug-likeness (QED) is 0.611. The fourth-order valence-electron chi connectivity index (χ4n) is 2.83. The molecular weight excluding hydrogens is 330 g/mol. The number of benzene rings is 2. The number of aryl methyl sites for hydroxylation is 2. The Labute approximate surface area is 151 Å². The zero-order valence-electron chi connectivity index (χ0n) is 14.7. The summed E-state index contributed by atoms with van der Waals surface area (Å²) in [6, 6.07) is 11.4. The molecule has 0 spiro atoms. The minimum atomic E-state index is -0.453. The van der Waals surface area contributed by atoms with Crippen molar-refractivity contribution in [3.63, 3.8) is 0 Å². The number of carbonyl (C=O) groups is 1. The van der Waals surface area contributed by atoms with Gasteiger partial charge in [-0.05, 0) is 60.9 Å². The van der Waals surface area contributed by atoms with E-state index in [9.17, 15) is 4.79 Å². The molecule has 0 aromatic heterocycles. The number of carbonyl (C=O) groups excluding carboxylic acids is 1. The average molecular weight is 349 g/mol. The van der Waals surface area contributed by atoms with Gasteiger partial charge < -0.3 is 14.2 Å². The summed E-state index contributed by atoms with van der Waals surface area (Å²) in [6.45, 7) is 5.31. The van der Waals surface area contributed by atoms with Crippen LogP contribution in [0.4, 0.5) is 0 Å². The van der Waals surface area contributed by atoms with Crippen molar-refractivity contribution in [3.05, 3.63) is 64.3 Å². The van der Waals surface area contributed by atoms with Crippen molar-refractivity contribution in [1.29, 1.82) is 0 Å². The van der Waals surface area contributed by atoms with Crippen LogP contribution in [0.25, 0.3) is 6.08 Å². The van der Waals surface area contributed by atoms with Gasteiger partial charge in [0.1, 0.15) is 0 Å². The highest BCUT2D eigenvalue weighted by molar-refractivity contribution is 6.12. The van der Waals surface area contributed by atoms with Crippen molar-refractivity contribution in [2.75, 3.05) is 13.2 Å². The Morgan fingerprint density at radius 1 is 0.962 bits per heavy atom. The molecule has 0 atom stereocenters. The lowest BCUT2D eigenvalue weighted by Gasteiger charge is -2.07. The number of rotatable bonds is 2. The average Bonchev–Trinajstić information content (AvgIpc) is 2.84. The van der Waals surface area contributed by atoms with Crippen molar-refractivity contribution in [3.8, 4) is 11.5 Å². The van der Waals surface area contributed by atoms with E-state index < -0.39 is 5.97 Å². The second-order valence-corrected chi connectivity index (χ2v) is 6.39. The van der Waals surface area contributed by atoms with Gasteiger partial charge in [-0.2, -0.15) is 0 Å². The van der Waals surface area contributed by atoms with E-state index in [-0.39, 0.29) is 5.70 Å². The lowest BCUT2D eigenvalue weighted by Crippen LogP contribution is -2.05. The van der Waals surface area contributed by atoms with Crippen LogP contribution in [-0.2, 0) is 9.53 Å². The van der Waals surface area contributed by atoms with Gasteiger partial charge in [0.2, 0.25) is 5.90 Å². The summed E-state index contributed by atoms with van der Waals surface area (Å²) in [5, 5.41) is 0. The normalized spacial score (nSPS) is 17.7. The fourth-order valence-corrected chi connectivity index (χ4v) is 2.83. The number of hydrogen-bond acceptors (Lipinski definition) is 5. The fraction of sp³-hybridized carbons (Fsp3) is 0.238. The van der Waals surface area contributed by atoms with Gasteiger partial charge in [0.05, 0.1) is 13.2 Å². The number of aliphatic imine (C=N–C) groups is 1. The van der Waals surface area contributed by atoms with Crippen molar-refractivity contribution < 1.29 is 19.0 Å². The molecule has 5 nitrogen and oxygen atoms in total. The predicted octanol–water partition coefficient (Wildman–Crippen LogP) is 3.81. The Bertz CT molecular complexity index is 943. The van der Waals surface area contributed by atoms with Crippen LogP contribution in [-0.4, -0.2) is 25.1 Å². The maximum Gasteiger partial charge on any atom is 0.363 e. The summed E-state index contributed by atoms with van der Waals surface area (Å²) in [7, 11) is 0. The van der Waals surface area contributed by atoms with Gasteiger partial charge in [-0.3, -0.25) is 0 Å². The molecule has 5 heteroatoms. The Morgan fingerprint density at radius 3 is 2.58 bits per heavy atom. The molecule has 0 amide bonds. The van der Waals surface area contributed by atoms with Crippen LogP contribution in [0.5, 0.6) is 11.5 Å². The van der Waals surface area contributed by atoms with Gasteiger partial charge in [-0.15, -0.1) is 0 Å². The molecule has 2 aliphatic rings. The summed E-state index contributed by atoms with van der Waals surface area (Å²) in [5.74, 6) is 1.28. The lowest BCUT2D eigenvalue weighted by molar-refractivity contribution is -0.129. The van der Waals surface area contributed by atoms with E-state index in [1.807, 2.05) is 50.2 Å².